The Morgan fingerprint density at radius 3 is 3.12 bits per heavy atom. The lowest BCUT2D eigenvalue weighted by atomic mass is 10.2. The van der Waals surface area contributed by atoms with Crippen LogP contribution in [0.3, 0.4) is 0 Å². The molecule has 2 heterocycles. The molecule has 1 aromatic heterocycles. The lowest BCUT2D eigenvalue weighted by Crippen LogP contribution is -2.44. The molecule has 0 aliphatic carbocycles. The summed E-state index contributed by atoms with van der Waals surface area (Å²) in [5.74, 6) is 0. The van der Waals surface area contributed by atoms with Gasteiger partial charge in [-0.1, -0.05) is 11.6 Å². The number of nitrogens with zero attached hydrogens (tertiary/aromatic N) is 3. The first kappa shape index (κ1) is 12.3. The van der Waals surface area contributed by atoms with E-state index < -0.39 is 0 Å². The summed E-state index contributed by atoms with van der Waals surface area (Å²) >= 11 is 0. The van der Waals surface area contributed by atoms with Crippen molar-refractivity contribution in [1.29, 1.82) is 0 Å². The Morgan fingerprint density at radius 2 is 2.41 bits per heavy atom. The minimum Gasteiger partial charge on any atom is -0.374 e. The summed E-state index contributed by atoms with van der Waals surface area (Å²) < 4.78 is 7.70. The number of allylic oxidation sites excluding steroid dienone is 1. The zero-order chi connectivity index (χ0) is 12.1. The fraction of sp³-hybridized carbons (Fsp3) is 0.615. The van der Waals surface area contributed by atoms with Gasteiger partial charge in [0.2, 0.25) is 0 Å². The summed E-state index contributed by atoms with van der Waals surface area (Å²) in [6, 6.07) is 1.95. The van der Waals surface area contributed by atoms with Crippen LogP contribution in [0.2, 0.25) is 0 Å². The maximum atomic E-state index is 5.77. The van der Waals surface area contributed by atoms with Gasteiger partial charge in [0.25, 0.3) is 0 Å². The van der Waals surface area contributed by atoms with Crippen molar-refractivity contribution in [2.24, 2.45) is 0 Å². The van der Waals surface area contributed by atoms with Crippen molar-refractivity contribution in [1.82, 2.24) is 14.7 Å². The van der Waals surface area contributed by atoms with Gasteiger partial charge in [-0.05, 0) is 19.9 Å². The molecule has 1 atom stereocenters. The first-order valence-electron chi connectivity index (χ1n) is 6.19. The van der Waals surface area contributed by atoms with Gasteiger partial charge in [-0.2, -0.15) is 5.10 Å². The van der Waals surface area contributed by atoms with Gasteiger partial charge in [-0.15, -0.1) is 0 Å². The molecule has 0 amide bonds. The normalized spacial score (nSPS) is 21.4. The molecule has 0 spiro atoms. The molecule has 0 unspecified atom stereocenters. The van der Waals surface area contributed by atoms with Crippen LogP contribution < -0.4 is 0 Å². The number of morpholine rings is 1. The second kappa shape index (κ2) is 5.98. The largest absolute Gasteiger partial charge is 0.374 e. The molecule has 0 saturated carbocycles. The van der Waals surface area contributed by atoms with Gasteiger partial charge in [0.1, 0.15) is 0 Å². The standard InChI is InChI=1S/C13H21N3O/c1-12(2)4-7-15-8-9-17-13(10-15)11-16-6-3-5-14-16/h3-6,13H,7-11H2,1-2H3/t13-/m0/s1. The Morgan fingerprint density at radius 1 is 1.53 bits per heavy atom. The van der Waals surface area contributed by atoms with Crippen LogP contribution in [0.25, 0.3) is 0 Å². The van der Waals surface area contributed by atoms with Gasteiger partial charge in [-0.25, -0.2) is 0 Å². The van der Waals surface area contributed by atoms with Crippen LogP contribution in [0.1, 0.15) is 13.8 Å². The molecule has 1 aromatic rings. The second-order valence-electron chi connectivity index (χ2n) is 4.76. The molecule has 4 heteroatoms. The van der Waals surface area contributed by atoms with Crippen molar-refractivity contribution in [3.8, 4) is 0 Å². The fourth-order valence-electron chi connectivity index (χ4n) is 1.99. The van der Waals surface area contributed by atoms with E-state index in [1.165, 1.54) is 5.57 Å². The van der Waals surface area contributed by atoms with E-state index in [-0.39, 0.29) is 6.10 Å². The molecule has 0 N–H and O–H groups in total. The zero-order valence-electron chi connectivity index (χ0n) is 10.7. The molecule has 2 rings (SSSR count). The Kier molecular flexibility index (Phi) is 4.34. The van der Waals surface area contributed by atoms with Crippen molar-refractivity contribution in [2.45, 2.75) is 26.5 Å². The topological polar surface area (TPSA) is 30.3 Å². The lowest BCUT2D eigenvalue weighted by molar-refractivity contribution is -0.0338. The van der Waals surface area contributed by atoms with E-state index in [1.807, 2.05) is 23.1 Å². The van der Waals surface area contributed by atoms with E-state index in [0.29, 0.717) is 0 Å². The number of rotatable bonds is 4. The summed E-state index contributed by atoms with van der Waals surface area (Å²) in [7, 11) is 0. The van der Waals surface area contributed by atoms with E-state index in [1.54, 1.807) is 0 Å². The summed E-state index contributed by atoms with van der Waals surface area (Å²) in [4.78, 5) is 2.44. The molecule has 4 nitrogen and oxygen atoms in total. The predicted octanol–water partition coefficient (Wildman–Crippen LogP) is 1.55. The van der Waals surface area contributed by atoms with Crippen LogP contribution in [-0.4, -0.2) is 47.0 Å². The van der Waals surface area contributed by atoms with Gasteiger partial charge >= 0.3 is 0 Å². The molecule has 0 radical (unpaired) electrons. The number of hydrogen-bond donors (Lipinski definition) is 0. The lowest BCUT2D eigenvalue weighted by Gasteiger charge is -2.32. The van der Waals surface area contributed by atoms with E-state index in [9.17, 15) is 0 Å². The second-order valence-corrected chi connectivity index (χ2v) is 4.76. The third-order valence-electron chi connectivity index (χ3n) is 2.93. The number of ether oxygens (including phenoxy) is 1. The van der Waals surface area contributed by atoms with Crippen LogP contribution >= 0.6 is 0 Å². The third kappa shape index (κ3) is 3.98. The minimum atomic E-state index is 0.259. The molecule has 1 fully saturated rings. The van der Waals surface area contributed by atoms with Crippen LogP contribution in [0.4, 0.5) is 0 Å². The van der Waals surface area contributed by atoms with Gasteiger partial charge in [0.05, 0.1) is 19.3 Å². The SMILES string of the molecule is CC(C)=CCN1CCO[C@H](Cn2cccn2)C1. The van der Waals surface area contributed by atoms with Gasteiger partial charge in [-0.3, -0.25) is 9.58 Å². The summed E-state index contributed by atoms with van der Waals surface area (Å²) in [6.45, 7) is 8.99. The molecule has 17 heavy (non-hydrogen) atoms. The smallest absolute Gasteiger partial charge is 0.0898 e. The first-order valence-corrected chi connectivity index (χ1v) is 6.19. The van der Waals surface area contributed by atoms with Crippen molar-refractivity contribution in [3.05, 3.63) is 30.1 Å². The number of hydrogen-bond acceptors (Lipinski definition) is 3. The van der Waals surface area contributed by atoms with E-state index in [4.69, 9.17) is 4.74 Å². The van der Waals surface area contributed by atoms with Crippen LogP contribution in [0.15, 0.2) is 30.1 Å². The fourth-order valence-corrected chi connectivity index (χ4v) is 1.99. The highest BCUT2D eigenvalue weighted by Crippen LogP contribution is 2.07. The van der Waals surface area contributed by atoms with Crippen LogP contribution in [-0.2, 0) is 11.3 Å². The average molecular weight is 235 g/mol. The highest BCUT2D eigenvalue weighted by atomic mass is 16.5. The molecule has 1 saturated heterocycles. The van der Waals surface area contributed by atoms with Gasteiger partial charge < -0.3 is 4.74 Å². The molecular weight excluding hydrogens is 214 g/mol. The maximum Gasteiger partial charge on any atom is 0.0898 e. The highest BCUT2D eigenvalue weighted by molar-refractivity contribution is 4.95. The molecular formula is C13H21N3O. The van der Waals surface area contributed by atoms with Crippen molar-refractivity contribution >= 4 is 0 Å². The van der Waals surface area contributed by atoms with Crippen molar-refractivity contribution in [2.75, 3.05) is 26.2 Å². The summed E-state index contributed by atoms with van der Waals surface area (Å²) in [5, 5.41) is 4.22. The summed E-state index contributed by atoms with van der Waals surface area (Å²) in [5.41, 5.74) is 1.38. The molecule has 0 bridgehead atoms. The van der Waals surface area contributed by atoms with Gasteiger partial charge in [0.15, 0.2) is 0 Å². The Hall–Kier alpha value is -1.13. The molecule has 0 aromatic carbocycles. The van der Waals surface area contributed by atoms with E-state index in [0.717, 1.165) is 32.8 Å². The third-order valence-corrected chi connectivity index (χ3v) is 2.93. The molecule has 1 aliphatic heterocycles. The quantitative estimate of drug-likeness (QED) is 0.742. The Labute approximate surface area is 103 Å². The average Bonchev–Trinajstić information content (AvgIpc) is 2.80. The van der Waals surface area contributed by atoms with Crippen LogP contribution in [0.5, 0.6) is 0 Å². The number of aromatic nitrogens is 2. The van der Waals surface area contributed by atoms with E-state index in [2.05, 4.69) is 29.9 Å². The minimum absolute atomic E-state index is 0.259. The molecule has 94 valence electrons. The monoisotopic (exact) mass is 235 g/mol. The van der Waals surface area contributed by atoms with E-state index >= 15 is 0 Å². The van der Waals surface area contributed by atoms with Gasteiger partial charge in [0, 0.05) is 32.0 Å². The van der Waals surface area contributed by atoms with Crippen molar-refractivity contribution < 1.29 is 4.74 Å². The Balaban J connectivity index is 1.82. The first-order chi connectivity index (χ1) is 8.24. The Bertz CT molecular complexity index is 355. The van der Waals surface area contributed by atoms with Crippen molar-refractivity contribution in [3.63, 3.8) is 0 Å². The summed E-state index contributed by atoms with van der Waals surface area (Å²) in [6.07, 6.45) is 6.33. The maximum absolute atomic E-state index is 5.77. The predicted molar refractivity (Wildman–Crippen MR) is 67.8 cm³/mol. The molecule has 1 aliphatic rings. The van der Waals surface area contributed by atoms with Crippen LogP contribution in [0, 0.1) is 0 Å². The zero-order valence-corrected chi connectivity index (χ0v) is 10.7. The highest BCUT2D eigenvalue weighted by Gasteiger charge is 2.19.